The number of hydrogen-bond donors (Lipinski definition) is 2. The third kappa shape index (κ3) is 1.73. The zero-order valence-corrected chi connectivity index (χ0v) is 9.75. The fourth-order valence-electron chi connectivity index (χ4n) is 1.71. The van der Waals surface area contributed by atoms with Gasteiger partial charge in [-0.25, -0.2) is 8.78 Å². The molecule has 0 aliphatic rings. The van der Waals surface area contributed by atoms with Gasteiger partial charge in [0.05, 0.1) is 31.5 Å². The lowest BCUT2D eigenvalue weighted by Gasteiger charge is -2.13. The summed E-state index contributed by atoms with van der Waals surface area (Å²) >= 11 is 0. The molecule has 0 saturated heterocycles. The van der Waals surface area contributed by atoms with E-state index in [1.165, 1.54) is 20.4 Å². The van der Waals surface area contributed by atoms with E-state index in [-0.39, 0.29) is 28.4 Å². The van der Waals surface area contributed by atoms with E-state index in [1.54, 1.807) is 0 Å². The molecule has 0 unspecified atom stereocenters. The van der Waals surface area contributed by atoms with E-state index in [9.17, 15) is 8.78 Å². The summed E-state index contributed by atoms with van der Waals surface area (Å²) in [6.45, 7) is 0. The van der Waals surface area contributed by atoms with Gasteiger partial charge in [0, 0.05) is 6.07 Å². The van der Waals surface area contributed by atoms with Gasteiger partial charge < -0.3 is 15.2 Å². The average molecular weight is 255 g/mol. The molecule has 18 heavy (non-hydrogen) atoms. The molecule has 5 nitrogen and oxygen atoms in total. The van der Waals surface area contributed by atoms with Gasteiger partial charge in [0.2, 0.25) is 0 Å². The van der Waals surface area contributed by atoms with Crippen LogP contribution >= 0.6 is 0 Å². The Morgan fingerprint density at radius 3 is 2.33 bits per heavy atom. The molecule has 1 heterocycles. The number of nitrogens with zero attached hydrogens (tertiary/aromatic N) is 1. The van der Waals surface area contributed by atoms with Crippen molar-refractivity contribution in [2.24, 2.45) is 0 Å². The molecule has 96 valence electrons. The summed E-state index contributed by atoms with van der Waals surface area (Å²) < 4.78 is 37.3. The normalized spacial score (nSPS) is 10.4. The number of benzene rings is 1. The highest BCUT2D eigenvalue weighted by atomic mass is 19.1. The molecule has 0 saturated carbocycles. The summed E-state index contributed by atoms with van der Waals surface area (Å²) in [6, 6.07) is 0.711. The Hall–Kier alpha value is -2.31. The van der Waals surface area contributed by atoms with Crippen LogP contribution in [0.25, 0.3) is 11.1 Å². The number of hydrogen-bond acceptors (Lipinski definition) is 4. The summed E-state index contributed by atoms with van der Waals surface area (Å²) in [7, 11) is 2.55. The second-order valence-corrected chi connectivity index (χ2v) is 3.48. The van der Waals surface area contributed by atoms with Crippen molar-refractivity contribution in [3.05, 3.63) is 23.9 Å². The number of anilines is 1. The third-order valence-electron chi connectivity index (χ3n) is 2.49. The van der Waals surface area contributed by atoms with E-state index in [0.29, 0.717) is 6.07 Å². The SMILES string of the molecule is COc1c(F)cc(F)c(-c2cn[nH]c2N)c1OC. The molecule has 2 aromatic rings. The number of rotatable bonds is 3. The lowest BCUT2D eigenvalue weighted by molar-refractivity contribution is 0.335. The van der Waals surface area contributed by atoms with Crippen molar-refractivity contribution >= 4 is 5.82 Å². The molecule has 0 fully saturated rings. The maximum absolute atomic E-state index is 13.9. The van der Waals surface area contributed by atoms with E-state index in [0.717, 1.165) is 0 Å². The highest BCUT2D eigenvalue weighted by Gasteiger charge is 2.23. The number of ether oxygens (including phenoxy) is 2. The summed E-state index contributed by atoms with van der Waals surface area (Å²) in [5.74, 6) is -1.76. The third-order valence-corrected chi connectivity index (χ3v) is 2.49. The minimum atomic E-state index is -0.849. The molecule has 0 radical (unpaired) electrons. The number of nitrogens with two attached hydrogens (primary N) is 1. The van der Waals surface area contributed by atoms with Gasteiger partial charge in [-0.05, 0) is 0 Å². The molecule has 1 aromatic carbocycles. The van der Waals surface area contributed by atoms with Crippen molar-refractivity contribution in [3.8, 4) is 22.6 Å². The smallest absolute Gasteiger partial charge is 0.197 e. The fraction of sp³-hybridized carbons (Fsp3) is 0.182. The first kappa shape index (κ1) is 12.2. The Bertz CT molecular complexity index is 584. The standard InChI is InChI=1S/C11H11F2N3O2/c1-17-9-7(13)3-6(12)8(10(9)18-2)5-4-15-16-11(5)14/h3-4H,1-2H3,(H3,14,15,16). The van der Waals surface area contributed by atoms with Crippen LogP contribution in [0.15, 0.2) is 12.3 Å². The van der Waals surface area contributed by atoms with Gasteiger partial charge in [0.15, 0.2) is 17.3 Å². The van der Waals surface area contributed by atoms with Gasteiger partial charge in [-0.1, -0.05) is 0 Å². The summed E-state index contributed by atoms with van der Waals surface area (Å²) in [6.07, 6.45) is 1.33. The second-order valence-electron chi connectivity index (χ2n) is 3.48. The Labute approximate surface area is 102 Å². The first-order valence-electron chi connectivity index (χ1n) is 4.99. The number of H-pyrrole nitrogens is 1. The molecule has 0 atom stereocenters. The fourth-order valence-corrected chi connectivity index (χ4v) is 1.71. The zero-order chi connectivity index (χ0) is 13.3. The molecule has 0 aliphatic carbocycles. The van der Waals surface area contributed by atoms with Gasteiger partial charge in [-0.15, -0.1) is 0 Å². The monoisotopic (exact) mass is 255 g/mol. The van der Waals surface area contributed by atoms with Crippen LogP contribution in [0.2, 0.25) is 0 Å². The lowest BCUT2D eigenvalue weighted by atomic mass is 10.1. The van der Waals surface area contributed by atoms with Crippen molar-refractivity contribution in [3.63, 3.8) is 0 Å². The minimum absolute atomic E-state index is 0.00185. The first-order chi connectivity index (χ1) is 8.60. The number of aromatic nitrogens is 2. The average Bonchev–Trinajstić information content (AvgIpc) is 2.74. The maximum Gasteiger partial charge on any atom is 0.197 e. The molecule has 0 aliphatic heterocycles. The van der Waals surface area contributed by atoms with Gasteiger partial charge in [0.1, 0.15) is 11.6 Å². The van der Waals surface area contributed by atoms with E-state index in [1.807, 2.05) is 0 Å². The van der Waals surface area contributed by atoms with Crippen molar-refractivity contribution in [2.75, 3.05) is 20.0 Å². The molecule has 0 amide bonds. The number of halogens is 2. The summed E-state index contributed by atoms with van der Waals surface area (Å²) in [5, 5.41) is 6.15. The first-order valence-corrected chi connectivity index (χ1v) is 4.99. The minimum Gasteiger partial charge on any atom is -0.492 e. The molecule has 7 heteroatoms. The van der Waals surface area contributed by atoms with Crippen LogP contribution in [0.3, 0.4) is 0 Å². The Morgan fingerprint density at radius 2 is 1.83 bits per heavy atom. The van der Waals surface area contributed by atoms with E-state index in [2.05, 4.69) is 10.2 Å². The number of methoxy groups -OCH3 is 2. The molecule has 0 bridgehead atoms. The highest BCUT2D eigenvalue weighted by molar-refractivity contribution is 5.80. The Morgan fingerprint density at radius 1 is 1.17 bits per heavy atom. The number of nitrogens with one attached hydrogen (secondary N) is 1. The molecular weight excluding hydrogens is 244 g/mol. The van der Waals surface area contributed by atoms with Crippen LogP contribution in [-0.2, 0) is 0 Å². The van der Waals surface area contributed by atoms with Crippen LogP contribution in [0.1, 0.15) is 0 Å². The van der Waals surface area contributed by atoms with E-state index in [4.69, 9.17) is 15.2 Å². The second kappa shape index (κ2) is 4.52. The van der Waals surface area contributed by atoms with Crippen molar-refractivity contribution in [1.82, 2.24) is 10.2 Å². The van der Waals surface area contributed by atoms with E-state index < -0.39 is 11.6 Å². The van der Waals surface area contributed by atoms with Crippen molar-refractivity contribution < 1.29 is 18.3 Å². The maximum atomic E-state index is 13.9. The van der Waals surface area contributed by atoms with Gasteiger partial charge in [0.25, 0.3) is 0 Å². The molecule has 2 rings (SSSR count). The van der Waals surface area contributed by atoms with Crippen molar-refractivity contribution in [2.45, 2.75) is 0 Å². The topological polar surface area (TPSA) is 73.2 Å². The molecule has 3 N–H and O–H groups in total. The van der Waals surface area contributed by atoms with E-state index >= 15 is 0 Å². The summed E-state index contributed by atoms with van der Waals surface area (Å²) in [5.41, 5.74) is 5.90. The van der Waals surface area contributed by atoms with Gasteiger partial charge in [-0.2, -0.15) is 5.10 Å². The Kier molecular flexibility index (Phi) is 3.05. The quantitative estimate of drug-likeness (QED) is 0.879. The van der Waals surface area contributed by atoms with Gasteiger partial charge in [-0.3, -0.25) is 5.10 Å². The van der Waals surface area contributed by atoms with Crippen LogP contribution < -0.4 is 15.2 Å². The Balaban J connectivity index is 2.78. The summed E-state index contributed by atoms with van der Waals surface area (Å²) in [4.78, 5) is 0. The lowest BCUT2D eigenvalue weighted by Crippen LogP contribution is -2.00. The highest BCUT2D eigenvalue weighted by Crippen LogP contribution is 2.42. The molecular formula is C11H11F2N3O2. The van der Waals surface area contributed by atoms with Crippen LogP contribution in [0, 0.1) is 11.6 Å². The molecule has 0 spiro atoms. The predicted octanol–water partition coefficient (Wildman–Crippen LogP) is 1.95. The predicted molar refractivity (Wildman–Crippen MR) is 61.5 cm³/mol. The molecule has 1 aromatic heterocycles. The van der Waals surface area contributed by atoms with Crippen LogP contribution in [0.4, 0.5) is 14.6 Å². The van der Waals surface area contributed by atoms with Crippen LogP contribution in [-0.4, -0.2) is 24.4 Å². The van der Waals surface area contributed by atoms with Crippen molar-refractivity contribution in [1.29, 1.82) is 0 Å². The number of nitrogen functional groups attached to an aromatic ring is 1. The zero-order valence-electron chi connectivity index (χ0n) is 9.75. The van der Waals surface area contributed by atoms with Crippen LogP contribution in [0.5, 0.6) is 11.5 Å². The largest absolute Gasteiger partial charge is 0.492 e. The van der Waals surface area contributed by atoms with Gasteiger partial charge >= 0.3 is 0 Å². The number of aromatic amines is 1.